The minimum absolute atomic E-state index is 0.0178. The lowest BCUT2D eigenvalue weighted by Crippen LogP contribution is -2.51. The van der Waals surface area contributed by atoms with Gasteiger partial charge in [-0.05, 0) is 11.6 Å². The predicted molar refractivity (Wildman–Crippen MR) is 94.6 cm³/mol. The highest BCUT2D eigenvalue weighted by atomic mass is 16.2. The van der Waals surface area contributed by atoms with E-state index in [0.717, 1.165) is 24.6 Å². The number of anilines is 1. The van der Waals surface area contributed by atoms with Crippen LogP contribution in [0.25, 0.3) is 0 Å². The number of benzene rings is 1. The maximum absolute atomic E-state index is 13.0. The van der Waals surface area contributed by atoms with Crippen molar-refractivity contribution in [1.29, 1.82) is 0 Å². The third kappa shape index (κ3) is 3.33. The fourth-order valence-corrected chi connectivity index (χ4v) is 3.52. The molecular weight excluding hydrogens is 316 g/mol. The van der Waals surface area contributed by atoms with Crippen molar-refractivity contribution in [2.24, 2.45) is 5.92 Å². The van der Waals surface area contributed by atoms with E-state index in [1.54, 1.807) is 12.4 Å². The highest BCUT2D eigenvalue weighted by molar-refractivity contribution is 5.80. The Labute approximate surface area is 147 Å². The largest absolute Gasteiger partial charge is 0.339 e. The molecule has 2 aromatic rings. The lowest BCUT2D eigenvalue weighted by Gasteiger charge is -2.36. The number of hydrazine groups is 1. The Morgan fingerprint density at radius 2 is 1.72 bits per heavy atom. The van der Waals surface area contributed by atoms with Crippen LogP contribution >= 0.6 is 0 Å². The molecule has 130 valence electrons. The van der Waals surface area contributed by atoms with E-state index in [1.165, 1.54) is 0 Å². The van der Waals surface area contributed by atoms with Gasteiger partial charge in [-0.3, -0.25) is 10.2 Å². The van der Waals surface area contributed by atoms with Crippen LogP contribution in [-0.2, 0) is 4.79 Å². The molecule has 0 saturated carbocycles. The number of carbonyl (C=O) groups excluding carboxylic acids is 1. The molecular formula is C18H22N6O. The summed E-state index contributed by atoms with van der Waals surface area (Å²) in [6.07, 6.45) is 3.50. The molecule has 0 aliphatic carbocycles. The molecule has 1 amide bonds. The Morgan fingerprint density at radius 3 is 2.44 bits per heavy atom. The molecule has 2 N–H and O–H groups in total. The molecule has 3 heterocycles. The summed E-state index contributed by atoms with van der Waals surface area (Å²) < 4.78 is 0. The highest BCUT2D eigenvalue weighted by Crippen LogP contribution is 2.27. The van der Waals surface area contributed by atoms with Crippen LogP contribution in [0.3, 0.4) is 0 Å². The van der Waals surface area contributed by atoms with Gasteiger partial charge >= 0.3 is 0 Å². The van der Waals surface area contributed by atoms with Gasteiger partial charge in [-0.25, -0.2) is 15.4 Å². The van der Waals surface area contributed by atoms with E-state index < -0.39 is 0 Å². The quantitative estimate of drug-likeness (QED) is 0.853. The molecule has 2 aliphatic heterocycles. The first kappa shape index (κ1) is 16.0. The lowest BCUT2D eigenvalue weighted by molar-refractivity contribution is -0.135. The smallest absolute Gasteiger partial charge is 0.229 e. The standard InChI is InChI=1S/C18H22N6O/c25-17(15-13-21-22-16(15)14-5-2-1-3-6-14)23-9-11-24(12-10-23)18-19-7-4-8-20-18/h1-8,15-16,21-22H,9-13H2. The third-order valence-electron chi connectivity index (χ3n) is 4.88. The van der Waals surface area contributed by atoms with Gasteiger partial charge in [0.25, 0.3) is 0 Å². The minimum atomic E-state index is -0.0816. The topological polar surface area (TPSA) is 73.4 Å². The van der Waals surface area contributed by atoms with Gasteiger partial charge in [0, 0.05) is 45.1 Å². The first-order chi connectivity index (χ1) is 12.3. The average molecular weight is 338 g/mol. The number of hydrogen-bond acceptors (Lipinski definition) is 6. The Kier molecular flexibility index (Phi) is 4.58. The molecule has 0 bridgehead atoms. The van der Waals surface area contributed by atoms with Crippen LogP contribution in [0.4, 0.5) is 5.95 Å². The van der Waals surface area contributed by atoms with E-state index in [2.05, 4.69) is 37.9 Å². The van der Waals surface area contributed by atoms with Crippen LogP contribution < -0.4 is 15.8 Å². The first-order valence-corrected chi connectivity index (χ1v) is 8.67. The molecule has 2 fully saturated rings. The Hall–Kier alpha value is -2.51. The molecule has 25 heavy (non-hydrogen) atoms. The number of hydrogen-bond donors (Lipinski definition) is 2. The minimum Gasteiger partial charge on any atom is -0.339 e. The van der Waals surface area contributed by atoms with Crippen molar-refractivity contribution >= 4 is 11.9 Å². The third-order valence-corrected chi connectivity index (χ3v) is 4.88. The fraction of sp³-hybridized carbons (Fsp3) is 0.389. The van der Waals surface area contributed by atoms with Crippen LogP contribution in [0.2, 0.25) is 0 Å². The SMILES string of the molecule is O=C(C1CNNC1c1ccccc1)N1CCN(c2ncccn2)CC1. The molecule has 4 rings (SSSR count). The zero-order chi connectivity index (χ0) is 17.1. The number of aromatic nitrogens is 2. The summed E-state index contributed by atoms with van der Waals surface area (Å²) in [5, 5.41) is 0. The van der Waals surface area contributed by atoms with E-state index in [9.17, 15) is 4.79 Å². The fourth-order valence-electron chi connectivity index (χ4n) is 3.52. The Morgan fingerprint density at radius 1 is 1.00 bits per heavy atom. The van der Waals surface area contributed by atoms with Gasteiger partial charge in [0.05, 0.1) is 12.0 Å². The van der Waals surface area contributed by atoms with E-state index in [1.807, 2.05) is 29.2 Å². The maximum atomic E-state index is 13.0. The molecule has 1 aromatic carbocycles. The van der Waals surface area contributed by atoms with Crippen LogP contribution in [0.15, 0.2) is 48.8 Å². The molecule has 2 unspecified atom stereocenters. The molecule has 0 radical (unpaired) electrons. The molecule has 2 atom stereocenters. The van der Waals surface area contributed by atoms with Crippen LogP contribution in [-0.4, -0.2) is 53.5 Å². The van der Waals surface area contributed by atoms with Crippen molar-refractivity contribution in [1.82, 2.24) is 25.7 Å². The highest BCUT2D eigenvalue weighted by Gasteiger charge is 2.37. The zero-order valence-corrected chi connectivity index (χ0v) is 14.0. The van der Waals surface area contributed by atoms with E-state index >= 15 is 0 Å². The number of nitrogens with one attached hydrogen (secondary N) is 2. The van der Waals surface area contributed by atoms with Crippen molar-refractivity contribution in [2.75, 3.05) is 37.6 Å². The number of carbonyl (C=O) groups is 1. The van der Waals surface area contributed by atoms with Gasteiger partial charge in [0.2, 0.25) is 11.9 Å². The van der Waals surface area contributed by atoms with E-state index in [-0.39, 0.29) is 17.9 Å². The predicted octanol–water partition coefficient (Wildman–Crippen LogP) is 0.590. The number of amides is 1. The maximum Gasteiger partial charge on any atom is 0.229 e. The van der Waals surface area contributed by atoms with Gasteiger partial charge in [0.1, 0.15) is 0 Å². The molecule has 7 heteroatoms. The van der Waals surface area contributed by atoms with Crippen LogP contribution in [0.5, 0.6) is 0 Å². The van der Waals surface area contributed by atoms with E-state index in [0.29, 0.717) is 19.6 Å². The summed E-state index contributed by atoms with van der Waals surface area (Å²) in [4.78, 5) is 25.7. The summed E-state index contributed by atoms with van der Waals surface area (Å²) in [6.45, 7) is 3.59. The summed E-state index contributed by atoms with van der Waals surface area (Å²) in [5.74, 6) is 0.864. The summed E-state index contributed by atoms with van der Waals surface area (Å²) >= 11 is 0. The number of piperazine rings is 1. The molecule has 2 saturated heterocycles. The van der Waals surface area contributed by atoms with Crippen LogP contribution in [0, 0.1) is 5.92 Å². The van der Waals surface area contributed by atoms with Crippen LogP contribution in [0.1, 0.15) is 11.6 Å². The van der Waals surface area contributed by atoms with Crippen molar-refractivity contribution in [3.8, 4) is 0 Å². The lowest BCUT2D eigenvalue weighted by atomic mass is 9.93. The van der Waals surface area contributed by atoms with Crippen molar-refractivity contribution in [2.45, 2.75) is 6.04 Å². The van der Waals surface area contributed by atoms with Crippen molar-refractivity contribution in [3.63, 3.8) is 0 Å². The van der Waals surface area contributed by atoms with Gasteiger partial charge in [-0.2, -0.15) is 0 Å². The average Bonchev–Trinajstić information content (AvgIpc) is 3.19. The second-order valence-electron chi connectivity index (χ2n) is 6.38. The number of rotatable bonds is 3. The monoisotopic (exact) mass is 338 g/mol. The van der Waals surface area contributed by atoms with Gasteiger partial charge in [0.15, 0.2) is 0 Å². The molecule has 2 aliphatic rings. The first-order valence-electron chi connectivity index (χ1n) is 8.67. The molecule has 1 aromatic heterocycles. The summed E-state index contributed by atoms with van der Waals surface area (Å²) in [6, 6.07) is 12.0. The zero-order valence-electron chi connectivity index (χ0n) is 14.0. The van der Waals surface area contributed by atoms with Crippen molar-refractivity contribution < 1.29 is 4.79 Å². The second-order valence-corrected chi connectivity index (χ2v) is 6.38. The molecule has 0 spiro atoms. The summed E-state index contributed by atoms with van der Waals surface area (Å²) in [7, 11) is 0. The number of nitrogens with zero attached hydrogens (tertiary/aromatic N) is 4. The van der Waals surface area contributed by atoms with Gasteiger partial charge < -0.3 is 9.80 Å². The van der Waals surface area contributed by atoms with Crippen molar-refractivity contribution in [3.05, 3.63) is 54.4 Å². The Bertz CT molecular complexity index is 702. The second kappa shape index (κ2) is 7.16. The van der Waals surface area contributed by atoms with Gasteiger partial charge in [-0.1, -0.05) is 30.3 Å². The molecule has 7 nitrogen and oxygen atoms in total. The van der Waals surface area contributed by atoms with Gasteiger partial charge in [-0.15, -0.1) is 0 Å². The summed E-state index contributed by atoms with van der Waals surface area (Å²) in [5.41, 5.74) is 7.54. The Balaban J connectivity index is 1.40. The normalized spacial score (nSPS) is 23.7. The van der Waals surface area contributed by atoms with E-state index in [4.69, 9.17) is 0 Å².